The number of fused-ring (bicyclic) bond motifs is 1. The zero-order valence-electron chi connectivity index (χ0n) is 25.4. The monoisotopic (exact) mass is 664 g/mol. The van der Waals surface area contributed by atoms with E-state index in [9.17, 15) is 14.4 Å². The molecule has 2 aromatic carbocycles. The molecule has 4 aromatic rings. The molecule has 1 aliphatic carbocycles. The van der Waals surface area contributed by atoms with Crippen LogP contribution in [0.5, 0.6) is 5.88 Å². The number of hydrogen-bond acceptors (Lipinski definition) is 7. The van der Waals surface area contributed by atoms with Crippen molar-refractivity contribution in [2.24, 2.45) is 7.05 Å². The molecule has 0 spiro atoms. The van der Waals surface area contributed by atoms with E-state index in [2.05, 4.69) is 15.3 Å². The number of pyridine rings is 1. The lowest BCUT2D eigenvalue weighted by Crippen LogP contribution is -2.48. The molecule has 1 aliphatic heterocycles. The Hall–Kier alpha value is -4.32. The van der Waals surface area contributed by atoms with Crippen LogP contribution in [0.2, 0.25) is 10.0 Å². The Morgan fingerprint density at radius 2 is 1.80 bits per heavy atom. The van der Waals surface area contributed by atoms with Gasteiger partial charge >= 0.3 is 0 Å². The molecule has 6 rings (SSSR count). The molecule has 0 radical (unpaired) electrons. The standard InChI is InChI=1S/C33H31Cl2FN6O4/c1-18(43)41-13-15-42(16-14-41)26-10-7-19-17-25(39-32(46-3)27(19)26)20-8-9-23(36)28(30(20)35)21-5-4-6-24(29(21)34)38-31(44)22-11-12-37-40(2)33(22)45/h4-6,8-9,11-12,17,26H,7,10,13-16H2,1-3H3,(H,38,44)/t26-/m0/s1. The summed E-state index contributed by atoms with van der Waals surface area (Å²) in [5.41, 5.74) is 2.89. The summed E-state index contributed by atoms with van der Waals surface area (Å²) >= 11 is 13.7. The fourth-order valence-electron chi connectivity index (χ4n) is 6.28. The molecule has 1 fully saturated rings. The fraction of sp³-hybridized carbons (Fsp3) is 0.303. The maximum atomic E-state index is 15.5. The zero-order valence-corrected chi connectivity index (χ0v) is 27.0. The van der Waals surface area contributed by atoms with Crippen molar-refractivity contribution in [3.8, 4) is 28.3 Å². The van der Waals surface area contributed by atoms with Crippen LogP contribution in [0.1, 0.15) is 40.9 Å². The summed E-state index contributed by atoms with van der Waals surface area (Å²) in [6.07, 6.45) is 3.03. The summed E-state index contributed by atoms with van der Waals surface area (Å²) in [6, 6.07) is 11.0. The lowest BCUT2D eigenvalue weighted by molar-refractivity contribution is -0.130. The van der Waals surface area contributed by atoms with Gasteiger partial charge in [0.2, 0.25) is 11.8 Å². The molecule has 1 atom stereocenters. The summed E-state index contributed by atoms with van der Waals surface area (Å²) in [6.45, 7) is 4.48. The maximum Gasteiger partial charge on any atom is 0.279 e. The highest BCUT2D eigenvalue weighted by Crippen LogP contribution is 2.46. The Labute approximate surface area is 274 Å². The first-order valence-electron chi connectivity index (χ1n) is 14.8. The van der Waals surface area contributed by atoms with Crippen LogP contribution in [0.4, 0.5) is 10.1 Å². The van der Waals surface area contributed by atoms with Gasteiger partial charge in [0, 0.05) is 74.6 Å². The normalized spacial score (nSPS) is 16.3. The molecule has 0 unspecified atom stereocenters. The first-order valence-corrected chi connectivity index (χ1v) is 15.5. The first-order chi connectivity index (χ1) is 22.1. The molecule has 46 heavy (non-hydrogen) atoms. The van der Waals surface area contributed by atoms with E-state index in [-0.39, 0.29) is 44.4 Å². The quantitative estimate of drug-likeness (QED) is 0.295. The van der Waals surface area contributed by atoms with Crippen LogP contribution in [0.3, 0.4) is 0 Å². The predicted octanol–water partition coefficient (Wildman–Crippen LogP) is 5.37. The third kappa shape index (κ3) is 5.74. The largest absolute Gasteiger partial charge is 0.481 e. The van der Waals surface area contributed by atoms with Crippen LogP contribution in [0.15, 0.2) is 53.5 Å². The van der Waals surface area contributed by atoms with E-state index in [1.54, 1.807) is 38.3 Å². The van der Waals surface area contributed by atoms with Gasteiger partial charge in [-0.3, -0.25) is 19.3 Å². The Bertz CT molecular complexity index is 1930. The lowest BCUT2D eigenvalue weighted by atomic mass is 9.98. The van der Waals surface area contributed by atoms with Crippen LogP contribution >= 0.6 is 23.2 Å². The molecule has 2 aliphatic rings. The summed E-state index contributed by atoms with van der Waals surface area (Å²) < 4.78 is 22.4. The molecule has 1 saturated heterocycles. The van der Waals surface area contributed by atoms with E-state index in [0.29, 0.717) is 30.2 Å². The van der Waals surface area contributed by atoms with E-state index in [1.807, 2.05) is 11.0 Å². The number of methoxy groups -OCH3 is 1. The van der Waals surface area contributed by atoms with E-state index < -0.39 is 17.3 Å². The van der Waals surface area contributed by atoms with Crippen LogP contribution in [0.25, 0.3) is 22.4 Å². The van der Waals surface area contributed by atoms with Gasteiger partial charge < -0.3 is 15.0 Å². The molecule has 0 bridgehead atoms. The van der Waals surface area contributed by atoms with Gasteiger partial charge in [-0.15, -0.1) is 0 Å². The highest BCUT2D eigenvalue weighted by atomic mass is 35.5. The summed E-state index contributed by atoms with van der Waals surface area (Å²) in [4.78, 5) is 46.2. The van der Waals surface area contributed by atoms with Gasteiger partial charge in [0.15, 0.2) is 0 Å². The Morgan fingerprint density at radius 1 is 1.04 bits per heavy atom. The molecule has 10 nitrogen and oxygen atoms in total. The van der Waals surface area contributed by atoms with Crippen molar-refractivity contribution in [3.63, 3.8) is 0 Å². The van der Waals surface area contributed by atoms with Crippen LogP contribution in [-0.2, 0) is 18.3 Å². The van der Waals surface area contributed by atoms with Gasteiger partial charge in [0.05, 0.1) is 28.5 Å². The summed E-state index contributed by atoms with van der Waals surface area (Å²) in [5, 5.41) is 6.62. The van der Waals surface area contributed by atoms with E-state index in [4.69, 9.17) is 32.9 Å². The van der Waals surface area contributed by atoms with E-state index >= 15 is 4.39 Å². The SMILES string of the molecule is COc1nc(-c2ccc(F)c(-c3cccc(NC(=O)c4ccnn(C)c4=O)c3Cl)c2Cl)cc2c1[C@@H](N1CCN(C(C)=O)CC1)CC2. The number of amides is 2. The third-order valence-electron chi connectivity index (χ3n) is 8.66. The molecule has 2 amide bonds. The number of carbonyl (C=O) groups excluding carboxylic acids is 2. The molecular formula is C33H31Cl2FN6O4. The van der Waals surface area contributed by atoms with Crippen molar-refractivity contribution < 1.29 is 18.7 Å². The van der Waals surface area contributed by atoms with Crippen LogP contribution < -0.4 is 15.6 Å². The number of ether oxygens (including phenoxy) is 1. The van der Waals surface area contributed by atoms with Crippen molar-refractivity contribution in [1.82, 2.24) is 24.6 Å². The van der Waals surface area contributed by atoms with Crippen molar-refractivity contribution in [2.75, 3.05) is 38.6 Å². The molecule has 1 N–H and O–H groups in total. The fourth-order valence-corrected chi connectivity index (χ4v) is 6.90. The molecule has 3 heterocycles. The lowest BCUT2D eigenvalue weighted by Gasteiger charge is -2.38. The molecule has 13 heteroatoms. The Balaban J connectivity index is 1.33. The van der Waals surface area contributed by atoms with Gasteiger partial charge in [0.25, 0.3) is 11.5 Å². The van der Waals surface area contributed by atoms with Gasteiger partial charge in [-0.2, -0.15) is 5.10 Å². The zero-order chi connectivity index (χ0) is 32.7. The first kappa shape index (κ1) is 31.7. The minimum atomic E-state index is -0.684. The Kier molecular flexibility index (Phi) is 8.82. The number of halogens is 3. The minimum Gasteiger partial charge on any atom is -0.481 e. The minimum absolute atomic E-state index is 0.0441. The number of aryl methyl sites for hydroxylation is 2. The topological polar surface area (TPSA) is 110 Å². The van der Waals surface area contributed by atoms with Gasteiger partial charge in [0.1, 0.15) is 11.4 Å². The van der Waals surface area contributed by atoms with Crippen molar-refractivity contribution >= 4 is 40.7 Å². The van der Waals surface area contributed by atoms with E-state index in [0.717, 1.165) is 41.7 Å². The maximum absolute atomic E-state index is 15.5. The Morgan fingerprint density at radius 3 is 2.52 bits per heavy atom. The van der Waals surface area contributed by atoms with Crippen molar-refractivity contribution in [3.05, 3.63) is 91.6 Å². The second kappa shape index (κ2) is 12.8. The third-order valence-corrected chi connectivity index (χ3v) is 9.46. The molecule has 238 valence electrons. The van der Waals surface area contributed by atoms with Crippen molar-refractivity contribution in [1.29, 1.82) is 0 Å². The van der Waals surface area contributed by atoms with Crippen LogP contribution in [0, 0.1) is 5.82 Å². The predicted molar refractivity (Wildman–Crippen MR) is 174 cm³/mol. The number of aromatic nitrogens is 3. The smallest absolute Gasteiger partial charge is 0.279 e. The van der Waals surface area contributed by atoms with Crippen molar-refractivity contribution in [2.45, 2.75) is 25.8 Å². The second-order valence-corrected chi connectivity index (χ2v) is 12.0. The number of benzene rings is 2. The molecular weight excluding hydrogens is 634 g/mol. The highest BCUT2D eigenvalue weighted by molar-refractivity contribution is 6.39. The number of rotatable bonds is 6. The second-order valence-electron chi connectivity index (χ2n) is 11.3. The number of carbonyl (C=O) groups is 2. The highest BCUT2D eigenvalue weighted by Gasteiger charge is 2.35. The summed E-state index contributed by atoms with van der Waals surface area (Å²) in [7, 11) is 3.02. The average molecular weight is 666 g/mol. The van der Waals surface area contributed by atoms with E-state index in [1.165, 1.54) is 25.4 Å². The van der Waals surface area contributed by atoms with Gasteiger partial charge in [-0.05, 0) is 48.7 Å². The molecule has 2 aromatic heterocycles. The van der Waals surface area contributed by atoms with Gasteiger partial charge in [-0.25, -0.2) is 14.1 Å². The molecule has 0 saturated carbocycles. The summed E-state index contributed by atoms with van der Waals surface area (Å²) in [5.74, 6) is -0.729. The van der Waals surface area contributed by atoms with Crippen LogP contribution in [-0.4, -0.2) is 69.7 Å². The number of hydrogen-bond donors (Lipinski definition) is 1. The average Bonchev–Trinajstić information content (AvgIpc) is 3.48. The number of piperazine rings is 1. The number of nitrogens with zero attached hydrogens (tertiary/aromatic N) is 5. The number of anilines is 1. The number of nitrogens with one attached hydrogen (secondary N) is 1. The van der Waals surface area contributed by atoms with Gasteiger partial charge in [-0.1, -0.05) is 35.3 Å².